The van der Waals surface area contributed by atoms with E-state index in [4.69, 9.17) is 15.3 Å². The molecule has 0 bridgehead atoms. The Bertz CT molecular complexity index is 363. The molecule has 6 nitrogen and oxygen atoms in total. The first kappa shape index (κ1) is 13.7. The first-order valence-corrected chi connectivity index (χ1v) is 5.50. The number of ether oxygens (including phenoxy) is 2. The maximum Gasteiger partial charge on any atom is 0.240 e. The van der Waals surface area contributed by atoms with Crippen molar-refractivity contribution in [3.05, 3.63) is 11.8 Å². The van der Waals surface area contributed by atoms with Crippen LogP contribution in [0.5, 0.6) is 5.88 Å². The van der Waals surface area contributed by atoms with E-state index in [-0.39, 0.29) is 5.60 Å². The molecule has 0 fully saturated rings. The SMILES string of the molecule is Cc1cc(OCCOC(C)(C)C)nc(NN)n1. The van der Waals surface area contributed by atoms with Crippen LogP contribution in [0.25, 0.3) is 0 Å². The third-order valence-electron chi connectivity index (χ3n) is 1.83. The average molecular weight is 240 g/mol. The van der Waals surface area contributed by atoms with Crippen LogP contribution in [0.3, 0.4) is 0 Å². The first-order chi connectivity index (χ1) is 7.90. The van der Waals surface area contributed by atoms with Crippen LogP contribution in [0.2, 0.25) is 0 Å². The monoisotopic (exact) mass is 240 g/mol. The van der Waals surface area contributed by atoms with Crippen molar-refractivity contribution in [1.82, 2.24) is 9.97 Å². The van der Waals surface area contributed by atoms with Crippen LogP contribution in [-0.4, -0.2) is 28.8 Å². The molecule has 0 atom stereocenters. The van der Waals surface area contributed by atoms with Crippen molar-refractivity contribution < 1.29 is 9.47 Å². The van der Waals surface area contributed by atoms with Gasteiger partial charge in [-0.25, -0.2) is 10.8 Å². The minimum absolute atomic E-state index is 0.158. The van der Waals surface area contributed by atoms with Crippen LogP contribution in [0.15, 0.2) is 6.07 Å². The summed E-state index contributed by atoms with van der Waals surface area (Å²) in [6.07, 6.45) is 0. The second-order valence-corrected chi connectivity index (χ2v) is 4.62. The number of nitrogens with two attached hydrogens (primary N) is 1. The number of nitrogen functional groups attached to an aromatic ring is 1. The minimum Gasteiger partial charge on any atom is -0.475 e. The molecule has 0 unspecified atom stereocenters. The third kappa shape index (κ3) is 5.46. The minimum atomic E-state index is -0.158. The molecule has 0 saturated heterocycles. The van der Waals surface area contributed by atoms with Gasteiger partial charge >= 0.3 is 0 Å². The summed E-state index contributed by atoms with van der Waals surface area (Å²) in [7, 11) is 0. The normalized spacial score (nSPS) is 11.4. The molecule has 0 aromatic carbocycles. The second kappa shape index (κ2) is 5.79. The number of rotatable bonds is 5. The van der Waals surface area contributed by atoms with Crippen molar-refractivity contribution in [3.8, 4) is 5.88 Å². The van der Waals surface area contributed by atoms with Crippen LogP contribution >= 0.6 is 0 Å². The molecular weight excluding hydrogens is 220 g/mol. The third-order valence-corrected chi connectivity index (χ3v) is 1.83. The fourth-order valence-corrected chi connectivity index (χ4v) is 1.17. The van der Waals surface area contributed by atoms with Crippen LogP contribution < -0.4 is 16.0 Å². The topological polar surface area (TPSA) is 82.3 Å². The van der Waals surface area contributed by atoms with E-state index in [0.29, 0.717) is 25.0 Å². The van der Waals surface area contributed by atoms with E-state index in [9.17, 15) is 0 Å². The summed E-state index contributed by atoms with van der Waals surface area (Å²) < 4.78 is 11.0. The summed E-state index contributed by atoms with van der Waals surface area (Å²) in [5, 5.41) is 0. The van der Waals surface area contributed by atoms with Crippen molar-refractivity contribution in [3.63, 3.8) is 0 Å². The van der Waals surface area contributed by atoms with Gasteiger partial charge < -0.3 is 9.47 Å². The quantitative estimate of drug-likeness (QED) is 0.458. The van der Waals surface area contributed by atoms with Gasteiger partial charge in [-0.2, -0.15) is 4.98 Å². The van der Waals surface area contributed by atoms with Gasteiger partial charge in [-0.1, -0.05) is 0 Å². The molecule has 0 amide bonds. The standard InChI is InChI=1S/C11H20N4O2/c1-8-7-9(14-10(13-8)15-12)16-5-6-17-11(2,3)4/h7H,5-6,12H2,1-4H3,(H,13,14,15). The summed E-state index contributed by atoms with van der Waals surface area (Å²) in [4.78, 5) is 8.12. The Labute approximate surface area is 102 Å². The summed E-state index contributed by atoms with van der Waals surface area (Å²) in [6.45, 7) is 8.80. The molecule has 1 heterocycles. The van der Waals surface area contributed by atoms with Crippen LogP contribution in [-0.2, 0) is 4.74 Å². The van der Waals surface area contributed by atoms with Crippen LogP contribution in [0.1, 0.15) is 26.5 Å². The lowest BCUT2D eigenvalue weighted by Crippen LogP contribution is -2.22. The van der Waals surface area contributed by atoms with E-state index in [2.05, 4.69) is 15.4 Å². The molecular formula is C11H20N4O2. The van der Waals surface area contributed by atoms with Crippen LogP contribution in [0.4, 0.5) is 5.95 Å². The zero-order valence-electron chi connectivity index (χ0n) is 10.8. The van der Waals surface area contributed by atoms with Crippen molar-refractivity contribution in [2.75, 3.05) is 18.6 Å². The summed E-state index contributed by atoms with van der Waals surface area (Å²) >= 11 is 0. The van der Waals surface area contributed by atoms with E-state index >= 15 is 0 Å². The molecule has 0 aliphatic rings. The lowest BCUT2D eigenvalue weighted by atomic mass is 10.2. The van der Waals surface area contributed by atoms with Crippen molar-refractivity contribution in [2.24, 2.45) is 5.84 Å². The summed E-state index contributed by atoms with van der Waals surface area (Å²) in [6, 6.07) is 1.75. The van der Waals surface area contributed by atoms with Gasteiger partial charge in [0.15, 0.2) is 0 Å². The van der Waals surface area contributed by atoms with Gasteiger partial charge in [0.1, 0.15) is 6.61 Å². The fourth-order valence-electron chi connectivity index (χ4n) is 1.17. The summed E-state index contributed by atoms with van der Waals surface area (Å²) in [5.41, 5.74) is 3.02. The van der Waals surface area contributed by atoms with E-state index in [1.807, 2.05) is 27.7 Å². The first-order valence-electron chi connectivity index (χ1n) is 5.50. The zero-order valence-corrected chi connectivity index (χ0v) is 10.8. The molecule has 17 heavy (non-hydrogen) atoms. The van der Waals surface area contributed by atoms with Gasteiger partial charge in [0.2, 0.25) is 11.8 Å². The van der Waals surface area contributed by atoms with E-state index in [1.54, 1.807) is 6.07 Å². The lowest BCUT2D eigenvalue weighted by Gasteiger charge is -2.19. The molecule has 0 radical (unpaired) electrons. The number of aryl methyl sites for hydroxylation is 1. The molecule has 96 valence electrons. The Morgan fingerprint density at radius 2 is 2.00 bits per heavy atom. The maximum atomic E-state index is 5.53. The van der Waals surface area contributed by atoms with Crippen molar-refractivity contribution in [1.29, 1.82) is 0 Å². The van der Waals surface area contributed by atoms with Gasteiger partial charge in [0.25, 0.3) is 0 Å². The highest BCUT2D eigenvalue weighted by Crippen LogP contribution is 2.11. The predicted octanol–water partition coefficient (Wildman–Crippen LogP) is 1.26. The molecule has 0 saturated carbocycles. The van der Waals surface area contributed by atoms with Crippen LogP contribution in [0, 0.1) is 6.92 Å². The molecule has 1 aromatic heterocycles. The smallest absolute Gasteiger partial charge is 0.240 e. The molecule has 1 rings (SSSR count). The average Bonchev–Trinajstić information content (AvgIpc) is 2.22. The van der Waals surface area contributed by atoms with E-state index in [0.717, 1.165) is 5.69 Å². The Kier molecular flexibility index (Phi) is 4.65. The Morgan fingerprint density at radius 3 is 2.59 bits per heavy atom. The number of hydrogen-bond donors (Lipinski definition) is 2. The van der Waals surface area contributed by atoms with Gasteiger partial charge in [-0.3, -0.25) is 5.43 Å². The van der Waals surface area contributed by atoms with E-state index in [1.165, 1.54) is 0 Å². The highest BCUT2D eigenvalue weighted by atomic mass is 16.5. The number of aromatic nitrogens is 2. The van der Waals surface area contributed by atoms with Gasteiger partial charge in [-0.05, 0) is 27.7 Å². The van der Waals surface area contributed by atoms with Gasteiger partial charge in [-0.15, -0.1) is 0 Å². The number of hydrogen-bond acceptors (Lipinski definition) is 6. The molecule has 0 aliphatic carbocycles. The highest BCUT2D eigenvalue weighted by molar-refractivity contribution is 5.28. The largest absolute Gasteiger partial charge is 0.475 e. The predicted molar refractivity (Wildman–Crippen MR) is 65.8 cm³/mol. The number of nitrogens with one attached hydrogen (secondary N) is 1. The zero-order chi connectivity index (χ0) is 12.9. The van der Waals surface area contributed by atoms with Crippen molar-refractivity contribution in [2.45, 2.75) is 33.3 Å². The highest BCUT2D eigenvalue weighted by Gasteiger charge is 2.09. The molecule has 6 heteroatoms. The van der Waals surface area contributed by atoms with Crippen molar-refractivity contribution >= 4 is 5.95 Å². The Balaban J connectivity index is 2.44. The maximum absolute atomic E-state index is 5.53. The number of nitrogens with zero attached hydrogens (tertiary/aromatic N) is 2. The second-order valence-electron chi connectivity index (χ2n) is 4.62. The Morgan fingerprint density at radius 1 is 1.29 bits per heavy atom. The fraction of sp³-hybridized carbons (Fsp3) is 0.636. The number of anilines is 1. The van der Waals surface area contributed by atoms with E-state index < -0.39 is 0 Å². The summed E-state index contributed by atoms with van der Waals surface area (Å²) in [5.74, 6) is 6.08. The van der Waals surface area contributed by atoms with Gasteiger partial charge in [0.05, 0.1) is 12.2 Å². The molecule has 3 N–H and O–H groups in total. The lowest BCUT2D eigenvalue weighted by molar-refractivity contribution is -0.0168. The molecule has 1 aromatic rings. The molecule has 0 aliphatic heterocycles. The number of hydrazine groups is 1. The Hall–Kier alpha value is -1.40. The molecule has 0 spiro atoms. The van der Waals surface area contributed by atoms with Gasteiger partial charge in [0, 0.05) is 11.8 Å².